The normalized spacial score (nSPS) is 21.5. The fraction of sp³-hybridized carbons (Fsp3) is 0.280. The average Bonchev–Trinajstić information content (AvgIpc) is 3.21. The molecule has 0 heterocycles. The van der Waals surface area contributed by atoms with E-state index in [0.29, 0.717) is 5.56 Å². The van der Waals surface area contributed by atoms with Crippen molar-refractivity contribution in [2.75, 3.05) is 7.11 Å². The smallest absolute Gasteiger partial charge is 0.121 e. The molecular formula is C25H24O3. The Balaban J connectivity index is 1.60. The van der Waals surface area contributed by atoms with Crippen molar-refractivity contribution in [2.24, 2.45) is 5.41 Å². The molecule has 2 unspecified atom stereocenters. The van der Waals surface area contributed by atoms with Crippen molar-refractivity contribution >= 4 is 0 Å². The molecular weight excluding hydrogens is 348 g/mol. The summed E-state index contributed by atoms with van der Waals surface area (Å²) in [5, 5.41) is 22.0. The summed E-state index contributed by atoms with van der Waals surface area (Å²) in [5.74, 6) is 1.19. The SMILES string of the molecule is COc1ccc(CC2c3cccc(O)c3C(O)C23Cc2ccccc2C3)cc1. The first-order valence-corrected chi connectivity index (χ1v) is 9.82. The van der Waals surface area contributed by atoms with Crippen LogP contribution in [0.25, 0.3) is 0 Å². The van der Waals surface area contributed by atoms with Crippen LogP contribution in [0.4, 0.5) is 0 Å². The second kappa shape index (κ2) is 6.39. The molecule has 0 amide bonds. The van der Waals surface area contributed by atoms with Gasteiger partial charge in [0.15, 0.2) is 0 Å². The molecule has 0 aliphatic heterocycles. The number of ether oxygens (including phenoxy) is 1. The Morgan fingerprint density at radius 1 is 0.929 bits per heavy atom. The molecule has 0 saturated carbocycles. The van der Waals surface area contributed by atoms with Gasteiger partial charge in [0.2, 0.25) is 0 Å². The summed E-state index contributed by atoms with van der Waals surface area (Å²) in [6.07, 6.45) is 1.82. The number of hydrogen-bond donors (Lipinski definition) is 2. The van der Waals surface area contributed by atoms with E-state index in [9.17, 15) is 10.2 Å². The Morgan fingerprint density at radius 2 is 1.61 bits per heavy atom. The van der Waals surface area contributed by atoms with E-state index >= 15 is 0 Å². The summed E-state index contributed by atoms with van der Waals surface area (Å²) >= 11 is 0. The van der Waals surface area contributed by atoms with Gasteiger partial charge >= 0.3 is 0 Å². The number of aliphatic hydroxyl groups is 1. The van der Waals surface area contributed by atoms with Crippen molar-refractivity contribution < 1.29 is 14.9 Å². The molecule has 0 saturated heterocycles. The number of fused-ring (bicyclic) bond motifs is 2. The van der Waals surface area contributed by atoms with E-state index < -0.39 is 6.10 Å². The molecule has 3 nitrogen and oxygen atoms in total. The van der Waals surface area contributed by atoms with Gasteiger partial charge in [-0.1, -0.05) is 48.5 Å². The zero-order valence-corrected chi connectivity index (χ0v) is 15.9. The molecule has 2 aliphatic rings. The molecule has 0 fully saturated rings. The third-order valence-electron chi connectivity index (χ3n) is 6.76. The van der Waals surface area contributed by atoms with Crippen molar-refractivity contribution in [1.82, 2.24) is 0 Å². The highest BCUT2D eigenvalue weighted by Crippen LogP contribution is 2.62. The van der Waals surface area contributed by atoms with Crippen LogP contribution in [0.3, 0.4) is 0 Å². The lowest BCUT2D eigenvalue weighted by atomic mass is 9.70. The van der Waals surface area contributed by atoms with Crippen LogP contribution in [0.1, 0.15) is 39.8 Å². The van der Waals surface area contributed by atoms with Gasteiger partial charge < -0.3 is 14.9 Å². The minimum atomic E-state index is -0.667. The maximum Gasteiger partial charge on any atom is 0.121 e. The number of aromatic hydroxyl groups is 1. The zero-order valence-electron chi connectivity index (χ0n) is 15.9. The topological polar surface area (TPSA) is 49.7 Å². The summed E-state index contributed by atoms with van der Waals surface area (Å²) < 4.78 is 5.29. The van der Waals surface area contributed by atoms with Crippen LogP contribution < -0.4 is 4.74 Å². The predicted octanol–water partition coefficient (Wildman–Crippen LogP) is 4.56. The van der Waals surface area contributed by atoms with Crippen molar-refractivity contribution in [3.05, 3.63) is 94.5 Å². The number of phenolic OH excluding ortho intramolecular Hbond substituents is 1. The van der Waals surface area contributed by atoms with Crippen LogP contribution in [0, 0.1) is 5.41 Å². The highest BCUT2D eigenvalue weighted by Gasteiger charge is 2.55. The summed E-state index contributed by atoms with van der Waals surface area (Å²) in [6.45, 7) is 0. The maximum atomic E-state index is 11.4. The summed E-state index contributed by atoms with van der Waals surface area (Å²) in [6, 6.07) is 22.3. The standard InChI is InChI=1S/C25H24O3/c1-28-19-11-9-16(10-12-19)13-21-20-7-4-8-22(26)23(20)24(27)25(21)14-17-5-2-3-6-18(17)15-25/h2-12,21,24,26-27H,13-15H2,1H3. The first-order chi connectivity index (χ1) is 13.6. The first-order valence-electron chi connectivity index (χ1n) is 9.82. The molecule has 0 radical (unpaired) electrons. The third-order valence-corrected chi connectivity index (χ3v) is 6.76. The van der Waals surface area contributed by atoms with Crippen LogP contribution >= 0.6 is 0 Å². The molecule has 28 heavy (non-hydrogen) atoms. The van der Waals surface area contributed by atoms with Crippen molar-refractivity contribution in [3.63, 3.8) is 0 Å². The van der Waals surface area contributed by atoms with Gasteiger partial charge in [0, 0.05) is 11.0 Å². The average molecular weight is 372 g/mol. The number of benzene rings is 3. The Kier molecular flexibility index (Phi) is 3.95. The van der Waals surface area contributed by atoms with E-state index in [1.165, 1.54) is 16.7 Å². The summed E-state index contributed by atoms with van der Waals surface area (Å²) in [4.78, 5) is 0. The van der Waals surface area contributed by atoms with Crippen LogP contribution in [-0.2, 0) is 19.3 Å². The Hall–Kier alpha value is -2.78. The van der Waals surface area contributed by atoms with Gasteiger partial charge in [-0.2, -0.15) is 0 Å². The molecule has 2 N–H and O–H groups in total. The number of aliphatic hydroxyl groups excluding tert-OH is 1. The second-order valence-corrected chi connectivity index (χ2v) is 8.14. The second-order valence-electron chi connectivity index (χ2n) is 8.14. The predicted molar refractivity (Wildman–Crippen MR) is 109 cm³/mol. The van der Waals surface area contributed by atoms with Crippen LogP contribution in [0.15, 0.2) is 66.7 Å². The van der Waals surface area contributed by atoms with Crippen molar-refractivity contribution in [3.8, 4) is 11.5 Å². The fourth-order valence-corrected chi connectivity index (χ4v) is 5.38. The molecule has 0 bridgehead atoms. The number of phenols is 1. The van der Waals surface area contributed by atoms with Crippen LogP contribution in [-0.4, -0.2) is 17.3 Å². The molecule has 5 rings (SSSR count). The highest BCUT2D eigenvalue weighted by atomic mass is 16.5. The minimum absolute atomic E-state index is 0.144. The summed E-state index contributed by atoms with van der Waals surface area (Å²) in [7, 11) is 1.67. The lowest BCUT2D eigenvalue weighted by Crippen LogP contribution is -2.32. The number of rotatable bonds is 3. The third kappa shape index (κ3) is 2.46. The Bertz CT molecular complexity index is 997. The maximum absolute atomic E-state index is 11.4. The lowest BCUT2D eigenvalue weighted by Gasteiger charge is -2.35. The van der Waals surface area contributed by atoms with Gasteiger partial charge in [0.25, 0.3) is 0 Å². The largest absolute Gasteiger partial charge is 0.508 e. The molecule has 2 atom stereocenters. The van der Waals surface area contributed by atoms with Gasteiger partial charge in [0.05, 0.1) is 13.2 Å². The van der Waals surface area contributed by atoms with E-state index in [4.69, 9.17) is 4.74 Å². The van der Waals surface area contributed by atoms with Crippen molar-refractivity contribution in [2.45, 2.75) is 31.3 Å². The number of methoxy groups -OCH3 is 1. The van der Waals surface area contributed by atoms with Gasteiger partial charge in [-0.05, 0) is 65.6 Å². The lowest BCUT2D eigenvalue weighted by molar-refractivity contribution is 0.0263. The first kappa shape index (κ1) is 17.3. The molecule has 0 aromatic heterocycles. The van der Waals surface area contributed by atoms with Gasteiger partial charge in [-0.3, -0.25) is 0 Å². The molecule has 3 heteroatoms. The quantitative estimate of drug-likeness (QED) is 0.709. The highest BCUT2D eigenvalue weighted by molar-refractivity contribution is 5.53. The Morgan fingerprint density at radius 3 is 2.25 bits per heavy atom. The molecule has 142 valence electrons. The van der Waals surface area contributed by atoms with Gasteiger partial charge in [-0.15, -0.1) is 0 Å². The van der Waals surface area contributed by atoms with E-state index in [-0.39, 0.29) is 17.1 Å². The van der Waals surface area contributed by atoms with Crippen LogP contribution in [0.5, 0.6) is 11.5 Å². The summed E-state index contributed by atoms with van der Waals surface area (Å²) in [5.41, 5.74) is 5.32. The molecule has 2 aliphatic carbocycles. The number of hydrogen-bond acceptors (Lipinski definition) is 3. The van der Waals surface area contributed by atoms with Gasteiger partial charge in [0.1, 0.15) is 11.5 Å². The van der Waals surface area contributed by atoms with Crippen molar-refractivity contribution in [1.29, 1.82) is 0 Å². The zero-order chi connectivity index (χ0) is 19.3. The molecule has 3 aromatic rings. The van der Waals surface area contributed by atoms with E-state index in [1.54, 1.807) is 13.2 Å². The van der Waals surface area contributed by atoms with Crippen LogP contribution in [0.2, 0.25) is 0 Å². The minimum Gasteiger partial charge on any atom is -0.508 e. The van der Waals surface area contributed by atoms with E-state index in [2.05, 4.69) is 42.5 Å². The Labute approximate surface area is 165 Å². The fourth-order valence-electron chi connectivity index (χ4n) is 5.38. The van der Waals surface area contributed by atoms with E-state index in [1.807, 2.05) is 18.2 Å². The van der Waals surface area contributed by atoms with E-state index in [0.717, 1.165) is 30.6 Å². The monoisotopic (exact) mass is 372 g/mol. The van der Waals surface area contributed by atoms with Gasteiger partial charge in [-0.25, -0.2) is 0 Å². The molecule has 1 spiro atoms. The molecule has 3 aromatic carbocycles.